The number of hydrogen-bond acceptors (Lipinski definition) is 3. The van der Waals surface area contributed by atoms with E-state index in [9.17, 15) is 0 Å². The first-order chi connectivity index (χ1) is 8.27. The largest absolute Gasteiger partial charge is 0.496 e. The molecule has 0 fully saturated rings. The lowest BCUT2D eigenvalue weighted by Crippen LogP contribution is -2.22. The number of rotatable bonds is 8. The van der Waals surface area contributed by atoms with Crippen molar-refractivity contribution in [3.05, 3.63) is 28.8 Å². The van der Waals surface area contributed by atoms with Gasteiger partial charge in [0.2, 0.25) is 0 Å². The van der Waals surface area contributed by atoms with E-state index in [1.54, 1.807) is 7.11 Å². The van der Waals surface area contributed by atoms with E-state index >= 15 is 0 Å². The Hall–Kier alpha value is -0.770. The molecule has 1 rings (SSSR count). The molecule has 1 aromatic carbocycles. The summed E-state index contributed by atoms with van der Waals surface area (Å²) in [6, 6.07) is 5.73. The van der Waals surface area contributed by atoms with Gasteiger partial charge in [0.05, 0.1) is 7.11 Å². The molecule has 0 aliphatic carbocycles. The fourth-order valence-corrected chi connectivity index (χ4v) is 1.88. The van der Waals surface area contributed by atoms with E-state index in [4.69, 9.17) is 16.3 Å². The van der Waals surface area contributed by atoms with Crippen LogP contribution >= 0.6 is 11.6 Å². The Morgan fingerprint density at radius 3 is 2.76 bits per heavy atom. The molecule has 0 amide bonds. The van der Waals surface area contributed by atoms with Crippen molar-refractivity contribution >= 4 is 11.6 Å². The minimum atomic E-state index is 0.760. The maximum atomic E-state index is 5.97. The SMILES string of the molecule is CNCCCNCCc1cc(Cl)ccc1OC. The van der Waals surface area contributed by atoms with Gasteiger partial charge >= 0.3 is 0 Å². The molecule has 0 atom stereocenters. The maximum Gasteiger partial charge on any atom is 0.122 e. The van der Waals surface area contributed by atoms with Crippen LogP contribution in [0.4, 0.5) is 0 Å². The molecule has 0 aromatic heterocycles. The summed E-state index contributed by atoms with van der Waals surface area (Å²) in [6.45, 7) is 3.03. The molecule has 1 aromatic rings. The monoisotopic (exact) mass is 256 g/mol. The standard InChI is InChI=1S/C13H21ClN2O/c1-15-7-3-8-16-9-6-11-10-12(14)4-5-13(11)17-2/h4-5,10,15-16H,3,6-9H2,1-2H3. The highest BCUT2D eigenvalue weighted by Crippen LogP contribution is 2.22. The van der Waals surface area contributed by atoms with Crippen LogP contribution in [0, 0.1) is 0 Å². The van der Waals surface area contributed by atoms with Gasteiger partial charge in [-0.25, -0.2) is 0 Å². The molecular weight excluding hydrogens is 236 g/mol. The van der Waals surface area contributed by atoms with Crippen LogP contribution in [0.1, 0.15) is 12.0 Å². The normalized spacial score (nSPS) is 10.5. The summed E-state index contributed by atoms with van der Waals surface area (Å²) in [5.41, 5.74) is 1.15. The number of methoxy groups -OCH3 is 1. The number of benzene rings is 1. The molecule has 96 valence electrons. The maximum absolute atomic E-state index is 5.97. The van der Waals surface area contributed by atoms with Gasteiger partial charge in [0, 0.05) is 5.02 Å². The van der Waals surface area contributed by atoms with Crippen molar-refractivity contribution < 1.29 is 4.74 Å². The van der Waals surface area contributed by atoms with E-state index in [0.717, 1.165) is 48.8 Å². The molecule has 2 N–H and O–H groups in total. The third kappa shape index (κ3) is 5.39. The molecule has 0 heterocycles. The van der Waals surface area contributed by atoms with Gasteiger partial charge < -0.3 is 15.4 Å². The summed E-state index contributed by atoms with van der Waals surface area (Å²) >= 11 is 5.97. The first-order valence-corrected chi connectivity index (χ1v) is 6.33. The van der Waals surface area contributed by atoms with Crippen LogP contribution in [0.25, 0.3) is 0 Å². The van der Waals surface area contributed by atoms with Crippen molar-refractivity contribution in [2.75, 3.05) is 33.8 Å². The van der Waals surface area contributed by atoms with Gasteiger partial charge in [0.1, 0.15) is 5.75 Å². The average molecular weight is 257 g/mol. The summed E-state index contributed by atoms with van der Waals surface area (Å²) in [5, 5.41) is 7.29. The zero-order valence-electron chi connectivity index (χ0n) is 10.6. The molecule has 0 aliphatic heterocycles. The van der Waals surface area contributed by atoms with Crippen molar-refractivity contribution in [3.63, 3.8) is 0 Å². The quantitative estimate of drug-likeness (QED) is 0.699. The summed E-state index contributed by atoms with van der Waals surface area (Å²) in [7, 11) is 3.66. The minimum absolute atomic E-state index is 0.760. The second-order valence-corrected chi connectivity index (χ2v) is 4.35. The third-order valence-electron chi connectivity index (χ3n) is 2.59. The van der Waals surface area contributed by atoms with Crippen molar-refractivity contribution in [2.45, 2.75) is 12.8 Å². The van der Waals surface area contributed by atoms with Crippen LogP contribution in [0.2, 0.25) is 5.02 Å². The molecule has 17 heavy (non-hydrogen) atoms. The van der Waals surface area contributed by atoms with E-state index in [1.165, 1.54) is 0 Å². The molecule has 0 radical (unpaired) electrons. The van der Waals surface area contributed by atoms with E-state index in [2.05, 4.69) is 10.6 Å². The van der Waals surface area contributed by atoms with Crippen molar-refractivity contribution in [3.8, 4) is 5.75 Å². The van der Waals surface area contributed by atoms with Gasteiger partial charge in [-0.15, -0.1) is 0 Å². The molecule has 0 saturated heterocycles. The summed E-state index contributed by atoms with van der Waals surface area (Å²) in [6.07, 6.45) is 2.08. The Labute approximate surface area is 109 Å². The predicted octanol–water partition coefficient (Wildman–Crippen LogP) is 2.09. The first-order valence-electron chi connectivity index (χ1n) is 5.95. The summed E-state index contributed by atoms with van der Waals surface area (Å²) in [5.74, 6) is 0.909. The lowest BCUT2D eigenvalue weighted by atomic mass is 10.1. The number of ether oxygens (including phenoxy) is 1. The zero-order chi connectivity index (χ0) is 12.5. The molecule has 0 spiro atoms. The van der Waals surface area contributed by atoms with Crippen LogP contribution in [-0.4, -0.2) is 33.8 Å². The molecular formula is C13H21ClN2O. The van der Waals surface area contributed by atoms with Crippen LogP contribution < -0.4 is 15.4 Å². The number of halogens is 1. The lowest BCUT2D eigenvalue weighted by Gasteiger charge is -2.09. The highest BCUT2D eigenvalue weighted by atomic mass is 35.5. The molecule has 0 unspecified atom stereocenters. The minimum Gasteiger partial charge on any atom is -0.496 e. The predicted molar refractivity (Wildman–Crippen MR) is 73.1 cm³/mol. The second kappa shape index (κ2) is 8.34. The Kier molecular flexibility index (Phi) is 7.01. The molecule has 4 heteroatoms. The summed E-state index contributed by atoms with van der Waals surface area (Å²) in [4.78, 5) is 0. The van der Waals surface area contributed by atoms with Crippen molar-refractivity contribution in [1.82, 2.24) is 10.6 Å². The Balaban J connectivity index is 2.32. The number of hydrogen-bond donors (Lipinski definition) is 2. The van der Waals surface area contributed by atoms with Gasteiger partial charge in [-0.1, -0.05) is 11.6 Å². The van der Waals surface area contributed by atoms with Crippen LogP contribution in [0.3, 0.4) is 0 Å². The van der Waals surface area contributed by atoms with Gasteiger partial charge in [-0.3, -0.25) is 0 Å². The Morgan fingerprint density at radius 1 is 1.24 bits per heavy atom. The van der Waals surface area contributed by atoms with Gasteiger partial charge in [0.15, 0.2) is 0 Å². The van der Waals surface area contributed by atoms with E-state index in [1.807, 2.05) is 25.2 Å². The van der Waals surface area contributed by atoms with Crippen LogP contribution in [-0.2, 0) is 6.42 Å². The third-order valence-corrected chi connectivity index (χ3v) is 2.83. The molecule has 0 aliphatic rings. The van der Waals surface area contributed by atoms with Gasteiger partial charge in [0.25, 0.3) is 0 Å². The van der Waals surface area contributed by atoms with Gasteiger partial charge in [-0.05, 0) is 63.3 Å². The average Bonchev–Trinajstić information content (AvgIpc) is 2.34. The van der Waals surface area contributed by atoms with E-state index < -0.39 is 0 Å². The topological polar surface area (TPSA) is 33.3 Å². The Morgan fingerprint density at radius 2 is 2.06 bits per heavy atom. The Bertz CT molecular complexity index is 331. The van der Waals surface area contributed by atoms with Crippen molar-refractivity contribution in [2.24, 2.45) is 0 Å². The smallest absolute Gasteiger partial charge is 0.122 e. The lowest BCUT2D eigenvalue weighted by molar-refractivity contribution is 0.409. The second-order valence-electron chi connectivity index (χ2n) is 3.91. The highest BCUT2D eigenvalue weighted by Gasteiger charge is 2.03. The number of nitrogens with one attached hydrogen (secondary N) is 2. The molecule has 0 saturated carbocycles. The van der Waals surface area contributed by atoms with Crippen LogP contribution in [0.15, 0.2) is 18.2 Å². The summed E-state index contributed by atoms with van der Waals surface area (Å²) < 4.78 is 5.30. The van der Waals surface area contributed by atoms with E-state index in [-0.39, 0.29) is 0 Å². The van der Waals surface area contributed by atoms with Crippen molar-refractivity contribution in [1.29, 1.82) is 0 Å². The molecule has 0 bridgehead atoms. The fourth-order valence-electron chi connectivity index (χ4n) is 1.68. The van der Waals surface area contributed by atoms with E-state index in [0.29, 0.717) is 0 Å². The fraction of sp³-hybridized carbons (Fsp3) is 0.538. The zero-order valence-corrected chi connectivity index (χ0v) is 11.3. The highest BCUT2D eigenvalue weighted by molar-refractivity contribution is 6.30. The van der Waals surface area contributed by atoms with Gasteiger partial charge in [-0.2, -0.15) is 0 Å². The first kappa shape index (κ1) is 14.3. The van der Waals surface area contributed by atoms with Crippen LogP contribution in [0.5, 0.6) is 5.75 Å². The molecule has 3 nitrogen and oxygen atoms in total.